The first-order valence-corrected chi connectivity index (χ1v) is 19.0. The van der Waals surface area contributed by atoms with Crippen LogP contribution in [0.3, 0.4) is 0 Å². The van der Waals surface area contributed by atoms with Crippen molar-refractivity contribution in [2.45, 2.75) is 0 Å². The molecule has 12 aromatic rings. The Morgan fingerprint density at radius 2 is 0.947 bits per heavy atom. The van der Waals surface area contributed by atoms with Gasteiger partial charge in [-0.1, -0.05) is 121 Å². The maximum Gasteiger partial charge on any atom is 0.167 e. The molecular weight excluding hydrogens is 701 g/mol. The van der Waals surface area contributed by atoms with Gasteiger partial charge in [0.1, 0.15) is 22.3 Å². The number of benzene rings is 8. The second-order valence-electron chi connectivity index (χ2n) is 14.4. The summed E-state index contributed by atoms with van der Waals surface area (Å²) in [6.45, 7) is 0. The quantitative estimate of drug-likeness (QED) is 0.176. The highest BCUT2D eigenvalue weighted by atomic mass is 16.3. The second-order valence-corrected chi connectivity index (χ2v) is 14.4. The molecule has 4 aromatic heterocycles. The smallest absolute Gasteiger partial charge is 0.167 e. The van der Waals surface area contributed by atoms with E-state index in [0.717, 1.165) is 77.3 Å². The molecule has 0 N–H and O–H groups in total. The molecule has 0 atom stereocenters. The van der Waals surface area contributed by atoms with Crippen LogP contribution in [-0.2, 0) is 0 Å². The summed E-state index contributed by atoms with van der Waals surface area (Å²) in [6, 6.07) is 62.8. The Morgan fingerprint density at radius 1 is 0.333 bits per heavy atom. The van der Waals surface area contributed by atoms with Crippen LogP contribution in [0.5, 0.6) is 0 Å². The van der Waals surface area contributed by atoms with Crippen molar-refractivity contribution in [1.29, 1.82) is 0 Å². The molecule has 0 unspecified atom stereocenters. The summed E-state index contributed by atoms with van der Waals surface area (Å²) in [5, 5.41) is 6.57. The Labute approximate surface area is 325 Å². The predicted octanol–water partition coefficient (Wildman–Crippen LogP) is 13.4. The molecule has 0 saturated carbocycles. The van der Waals surface area contributed by atoms with Crippen molar-refractivity contribution >= 4 is 65.7 Å². The Hall–Kier alpha value is -7.83. The molecule has 57 heavy (non-hydrogen) atoms. The molecule has 0 aliphatic heterocycles. The molecule has 266 valence electrons. The second kappa shape index (κ2) is 12.3. The molecule has 0 bridgehead atoms. The highest BCUT2D eigenvalue weighted by molar-refractivity contribution is 6.12. The van der Waals surface area contributed by atoms with Gasteiger partial charge in [-0.05, 0) is 65.7 Å². The van der Waals surface area contributed by atoms with E-state index in [1.54, 1.807) is 0 Å². The fraction of sp³-hybridized carbons (Fsp3) is 0. The highest BCUT2D eigenvalue weighted by Crippen LogP contribution is 2.39. The van der Waals surface area contributed by atoms with Crippen LogP contribution in [0.4, 0.5) is 0 Å². The van der Waals surface area contributed by atoms with E-state index in [-0.39, 0.29) is 0 Å². The lowest BCUT2D eigenvalue weighted by Gasteiger charge is -2.09. The third-order valence-corrected chi connectivity index (χ3v) is 11.1. The fourth-order valence-corrected chi connectivity index (χ4v) is 8.37. The molecular formula is C51H30N4O2. The summed E-state index contributed by atoms with van der Waals surface area (Å²) in [5.41, 5.74) is 11.4. The van der Waals surface area contributed by atoms with Gasteiger partial charge in [0.15, 0.2) is 17.5 Å². The molecule has 6 nitrogen and oxygen atoms in total. The van der Waals surface area contributed by atoms with Gasteiger partial charge >= 0.3 is 0 Å². The molecule has 6 heteroatoms. The van der Waals surface area contributed by atoms with E-state index < -0.39 is 0 Å². The lowest BCUT2D eigenvalue weighted by Crippen LogP contribution is -2.00. The van der Waals surface area contributed by atoms with Crippen molar-refractivity contribution in [2.24, 2.45) is 0 Å². The summed E-state index contributed by atoms with van der Waals surface area (Å²) >= 11 is 0. The van der Waals surface area contributed by atoms with Crippen LogP contribution in [0.1, 0.15) is 0 Å². The average Bonchev–Trinajstić information content (AvgIpc) is 3.95. The Balaban J connectivity index is 0.995. The lowest BCUT2D eigenvalue weighted by molar-refractivity contribution is 0.668. The zero-order chi connectivity index (χ0) is 37.5. The minimum absolute atomic E-state index is 0.542. The topological polar surface area (TPSA) is 69.9 Å². The molecule has 0 radical (unpaired) electrons. The van der Waals surface area contributed by atoms with Crippen LogP contribution in [0.15, 0.2) is 191 Å². The first kappa shape index (κ1) is 31.5. The molecule has 0 spiro atoms. The number of hydrogen-bond acceptors (Lipinski definition) is 5. The molecule has 0 aliphatic rings. The van der Waals surface area contributed by atoms with Crippen molar-refractivity contribution in [3.8, 4) is 51.0 Å². The maximum atomic E-state index is 6.68. The summed E-state index contributed by atoms with van der Waals surface area (Å²) in [7, 11) is 0. The summed E-state index contributed by atoms with van der Waals surface area (Å²) in [4.78, 5) is 15.1. The van der Waals surface area contributed by atoms with Gasteiger partial charge in [0.05, 0.1) is 16.6 Å². The normalized spacial score (nSPS) is 11.9. The maximum absolute atomic E-state index is 6.68. The van der Waals surface area contributed by atoms with Gasteiger partial charge in [-0.25, -0.2) is 15.0 Å². The van der Waals surface area contributed by atoms with E-state index >= 15 is 0 Å². The Morgan fingerprint density at radius 3 is 1.79 bits per heavy atom. The van der Waals surface area contributed by atoms with Gasteiger partial charge < -0.3 is 13.4 Å². The average molecular weight is 731 g/mol. The zero-order valence-corrected chi connectivity index (χ0v) is 30.4. The van der Waals surface area contributed by atoms with Crippen molar-refractivity contribution in [3.63, 3.8) is 0 Å². The third-order valence-electron chi connectivity index (χ3n) is 11.1. The molecule has 0 amide bonds. The minimum atomic E-state index is 0.542. The van der Waals surface area contributed by atoms with Gasteiger partial charge in [-0.15, -0.1) is 0 Å². The summed E-state index contributed by atoms with van der Waals surface area (Å²) in [5.74, 6) is 1.68. The van der Waals surface area contributed by atoms with E-state index in [9.17, 15) is 0 Å². The minimum Gasteiger partial charge on any atom is -0.456 e. The Kier molecular flexibility index (Phi) is 6.83. The fourth-order valence-electron chi connectivity index (χ4n) is 8.37. The van der Waals surface area contributed by atoms with Gasteiger partial charge in [0.2, 0.25) is 0 Å². The van der Waals surface area contributed by atoms with Crippen molar-refractivity contribution < 1.29 is 8.83 Å². The van der Waals surface area contributed by atoms with Gasteiger partial charge in [-0.2, -0.15) is 0 Å². The number of para-hydroxylation sites is 3. The molecule has 12 rings (SSSR count). The number of aromatic nitrogens is 4. The zero-order valence-electron chi connectivity index (χ0n) is 30.4. The number of furan rings is 2. The van der Waals surface area contributed by atoms with Crippen LogP contribution in [0.25, 0.3) is 117 Å². The van der Waals surface area contributed by atoms with E-state index in [4.69, 9.17) is 23.8 Å². The molecule has 0 saturated heterocycles. The van der Waals surface area contributed by atoms with Crippen molar-refractivity contribution in [1.82, 2.24) is 19.5 Å². The molecule has 4 heterocycles. The van der Waals surface area contributed by atoms with Crippen molar-refractivity contribution in [3.05, 3.63) is 182 Å². The largest absolute Gasteiger partial charge is 0.456 e. The number of fused-ring (bicyclic) bond motifs is 9. The van der Waals surface area contributed by atoms with Gasteiger partial charge in [0, 0.05) is 55.2 Å². The van der Waals surface area contributed by atoms with Crippen LogP contribution < -0.4 is 0 Å². The van der Waals surface area contributed by atoms with Crippen LogP contribution in [0.2, 0.25) is 0 Å². The predicted molar refractivity (Wildman–Crippen MR) is 230 cm³/mol. The molecule has 8 aromatic carbocycles. The van der Waals surface area contributed by atoms with Crippen LogP contribution in [-0.4, -0.2) is 19.5 Å². The summed E-state index contributed by atoms with van der Waals surface area (Å²) < 4.78 is 15.4. The SMILES string of the molecule is c1ccc(-c2ccc3c(c2)c2ccccc2n3-c2ccc3c(c2)oc2cc(-c4nc(-c5ccccc5)nc(-c5cccc6c5oc5ccccc56)n4)ccc23)cc1. The third kappa shape index (κ3) is 5.01. The van der Waals surface area contributed by atoms with Crippen molar-refractivity contribution in [2.75, 3.05) is 0 Å². The number of nitrogens with zero attached hydrogens (tertiary/aromatic N) is 4. The van der Waals surface area contributed by atoms with E-state index in [2.05, 4.69) is 120 Å². The monoisotopic (exact) mass is 730 g/mol. The molecule has 0 aliphatic carbocycles. The first-order valence-electron chi connectivity index (χ1n) is 19.0. The summed E-state index contributed by atoms with van der Waals surface area (Å²) in [6.07, 6.45) is 0. The van der Waals surface area contributed by atoms with Gasteiger partial charge in [0.25, 0.3) is 0 Å². The van der Waals surface area contributed by atoms with E-state index in [0.29, 0.717) is 17.5 Å². The Bertz CT molecular complexity index is 3530. The molecule has 0 fully saturated rings. The lowest BCUT2D eigenvalue weighted by atomic mass is 10.0. The van der Waals surface area contributed by atoms with Crippen LogP contribution >= 0.6 is 0 Å². The van der Waals surface area contributed by atoms with E-state index in [1.807, 2.05) is 66.7 Å². The number of hydrogen-bond donors (Lipinski definition) is 0. The standard InChI is InChI=1S/C51H30N4O2/c1-3-12-31(13-4-1)33-23-27-44-42(28-33)36-16-7-9-20-43(36)55(44)35-24-26-39-38-25-22-34(29-46(38)56-47(39)30-35)50-52-49(32-14-5-2-6-15-32)53-51(54-50)41-19-11-18-40-37-17-8-10-21-45(37)57-48(40)41/h1-30H. The highest BCUT2D eigenvalue weighted by Gasteiger charge is 2.19. The van der Waals surface area contributed by atoms with E-state index in [1.165, 1.54) is 21.9 Å². The number of rotatable bonds is 5. The van der Waals surface area contributed by atoms with Gasteiger partial charge in [-0.3, -0.25) is 0 Å². The first-order chi connectivity index (χ1) is 28.2. The van der Waals surface area contributed by atoms with Crippen LogP contribution in [0, 0.1) is 0 Å².